The van der Waals surface area contributed by atoms with Crippen LogP contribution in [0, 0.1) is 13.8 Å². The maximum atomic E-state index is 12.2. The van der Waals surface area contributed by atoms with Crippen LogP contribution in [-0.2, 0) is 11.2 Å². The number of amides is 1. The van der Waals surface area contributed by atoms with Gasteiger partial charge in [-0.2, -0.15) is 0 Å². The minimum atomic E-state index is -0.513. The van der Waals surface area contributed by atoms with Crippen molar-refractivity contribution in [2.75, 3.05) is 13.7 Å². The van der Waals surface area contributed by atoms with Crippen molar-refractivity contribution in [2.45, 2.75) is 39.7 Å². The predicted molar refractivity (Wildman–Crippen MR) is 100 cm³/mol. The van der Waals surface area contributed by atoms with Crippen molar-refractivity contribution in [2.24, 2.45) is 0 Å². The monoisotopic (exact) mass is 341 g/mol. The van der Waals surface area contributed by atoms with Gasteiger partial charge in [0, 0.05) is 6.54 Å². The first-order valence-electron chi connectivity index (χ1n) is 8.64. The fourth-order valence-corrected chi connectivity index (χ4v) is 2.54. The lowest BCUT2D eigenvalue weighted by Crippen LogP contribution is -2.37. The minimum Gasteiger partial charge on any atom is -0.497 e. The zero-order valence-corrected chi connectivity index (χ0v) is 15.5. The van der Waals surface area contributed by atoms with Crippen LogP contribution in [0.3, 0.4) is 0 Å². The Morgan fingerprint density at radius 3 is 2.52 bits per heavy atom. The molecule has 0 heterocycles. The van der Waals surface area contributed by atoms with Gasteiger partial charge in [0.05, 0.1) is 7.11 Å². The number of aryl methyl sites for hydroxylation is 2. The van der Waals surface area contributed by atoms with E-state index in [-0.39, 0.29) is 5.91 Å². The summed E-state index contributed by atoms with van der Waals surface area (Å²) in [6.07, 6.45) is 1.28. The summed E-state index contributed by atoms with van der Waals surface area (Å²) in [4.78, 5) is 12.2. The van der Waals surface area contributed by atoms with E-state index in [1.54, 1.807) is 14.0 Å². The van der Waals surface area contributed by atoms with Gasteiger partial charge in [-0.25, -0.2) is 0 Å². The topological polar surface area (TPSA) is 47.6 Å². The maximum absolute atomic E-state index is 12.2. The Morgan fingerprint density at radius 2 is 1.84 bits per heavy atom. The largest absolute Gasteiger partial charge is 0.497 e. The van der Waals surface area contributed by atoms with Crippen molar-refractivity contribution in [3.63, 3.8) is 0 Å². The van der Waals surface area contributed by atoms with Gasteiger partial charge in [0.15, 0.2) is 6.10 Å². The second-order valence-corrected chi connectivity index (χ2v) is 6.20. The summed E-state index contributed by atoms with van der Waals surface area (Å²) in [5, 5.41) is 2.94. The molecule has 0 aromatic heterocycles. The zero-order chi connectivity index (χ0) is 18.2. The van der Waals surface area contributed by atoms with E-state index in [4.69, 9.17) is 9.47 Å². The van der Waals surface area contributed by atoms with Crippen molar-refractivity contribution in [3.05, 3.63) is 59.2 Å². The minimum absolute atomic E-state index is 0.0874. The third kappa shape index (κ3) is 5.52. The van der Waals surface area contributed by atoms with Crippen LogP contribution in [0.15, 0.2) is 42.5 Å². The third-order valence-electron chi connectivity index (χ3n) is 4.33. The molecule has 0 aliphatic heterocycles. The Kier molecular flexibility index (Phi) is 6.87. The normalized spacial score (nSPS) is 11.7. The van der Waals surface area contributed by atoms with Gasteiger partial charge in [-0.1, -0.05) is 24.3 Å². The molecule has 2 aromatic carbocycles. The molecule has 2 rings (SSSR count). The van der Waals surface area contributed by atoms with Crippen molar-refractivity contribution in [1.82, 2.24) is 5.32 Å². The summed E-state index contributed by atoms with van der Waals surface area (Å²) >= 11 is 0. The number of hydrogen-bond acceptors (Lipinski definition) is 3. The molecule has 0 saturated carbocycles. The first kappa shape index (κ1) is 18.8. The van der Waals surface area contributed by atoms with Crippen LogP contribution in [0.4, 0.5) is 0 Å². The highest BCUT2D eigenvalue weighted by molar-refractivity contribution is 5.80. The lowest BCUT2D eigenvalue weighted by atomic mass is 10.1. The molecule has 4 heteroatoms. The van der Waals surface area contributed by atoms with Crippen molar-refractivity contribution >= 4 is 5.91 Å². The average Bonchev–Trinajstić information content (AvgIpc) is 2.62. The maximum Gasteiger partial charge on any atom is 0.260 e. The number of benzene rings is 2. The molecule has 0 unspecified atom stereocenters. The third-order valence-corrected chi connectivity index (χ3v) is 4.33. The highest BCUT2D eigenvalue weighted by atomic mass is 16.5. The molecular formula is C21H27NO3. The Balaban J connectivity index is 1.74. The van der Waals surface area contributed by atoms with Crippen LogP contribution in [0.1, 0.15) is 30.0 Å². The van der Waals surface area contributed by atoms with Crippen molar-refractivity contribution in [1.29, 1.82) is 0 Å². The number of hydrogen-bond donors (Lipinski definition) is 1. The summed E-state index contributed by atoms with van der Waals surface area (Å²) < 4.78 is 10.9. The van der Waals surface area contributed by atoms with Crippen molar-refractivity contribution in [3.8, 4) is 11.5 Å². The molecule has 0 aliphatic rings. The molecule has 2 aromatic rings. The number of carbonyl (C=O) groups is 1. The van der Waals surface area contributed by atoms with Crippen LogP contribution < -0.4 is 14.8 Å². The summed E-state index contributed by atoms with van der Waals surface area (Å²) in [5.74, 6) is 1.53. The number of methoxy groups -OCH3 is 1. The Hall–Kier alpha value is -2.49. The van der Waals surface area contributed by atoms with E-state index in [1.807, 2.05) is 56.3 Å². The highest BCUT2D eigenvalue weighted by Crippen LogP contribution is 2.21. The standard InChI is InChI=1S/C21H27NO3/c1-15-7-5-9-20(16(15)2)25-17(3)21(23)22-14-6-8-18-10-12-19(24-4)13-11-18/h5,7,9-13,17H,6,8,14H2,1-4H3,(H,22,23)/t17-/m0/s1. The van der Waals surface area contributed by atoms with Crippen LogP contribution in [0.2, 0.25) is 0 Å². The molecule has 134 valence electrons. The van der Waals surface area contributed by atoms with Gasteiger partial charge in [-0.05, 0) is 68.5 Å². The van der Waals surface area contributed by atoms with Gasteiger partial charge in [0.1, 0.15) is 11.5 Å². The van der Waals surface area contributed by atoms with E-state index in [0.717, 1.165) is 35.5 Å². The summed E-state index contributed by atoms with van der Waals surface area (Å²) in [5.41, 5.74) is 3.46. The van der Waals surface area contributed by atoms with E-state index < -0.39 is 6.10 Å². The molecule has 0 radical (unpaired) electrons. The molecule has 1 atom stereocenters. The lowest BCUT2D eigenvalue weighted by molar-refractivity contribution is -0.127. The molecule has 0 bridgehead atoms. The van der Waals surface area contributed by atoms with Gasteiger partial charge < -0.3 is 14.8 Å². The lowest BCUT2D eigenvalue weighted by Gasteiger charge is -2.17. The smallest absolute Gasteiger partial charge is 0.260 e. The van der Waals surface area contributed by atoms with E-state index in [1.165, 1.54) is 5.56 Å². The summed E-state index contributed by atoms with van der Waals surface area (Å²) in [6, 6.07) is 13.9. The molecule has 0 fully saturated rings. The van der Waals surface area contributed by atoms with Gasteiger partial charge in [-0.3, -0.25) is 4.79 Å². The molecule has 1 amide bonds. The molecule has 1 N–H and O–H groups in total. The Morgan fingerprint density at radius 1 is 1.12 bits per heavy atom. The second-order valence-electron chi connectivity index (χ2n) is 6.20. The quantitative estimate of drug-likeness (QED) is 0.742. The van der Waals surface area contributed by atoms with Gasteiger partial charge >= 0.3 is 0 Å². The number of ether oxygens (including phenoxy) is 2. The van der Waals surface area contributed by atoms with Gasteiger partial charge in [0.25, 0.3) is 5.91 Å². The van der Waals surface area contributed by atoms with Gasteiger partial charge in [0.2, 0.25) is 0 Å². The number of carbonyl (C=O) groups excluding carboxylic acids is 1. The highest BCUT2D eigenvalue weighted by Gasteiger charge is 2.15. The first-order valence-corrected chi connectivity index (χ1v) is 8.64. The fraction of sp³-hybridized carbons (Fsp3) is 0.381. The summed E-state index contributed by atoms with van der Waals surface area (Å²) in [6.45, 7) is 6.45. The Bertz CT molecular complexity index is 695. The van der Waals surface area contributed by atoms with Crippen LogP contribution in [0.25, 0.3) is 0 Å². The van der Waals surface area contributed by atoms with Crippen molar-refractivity contribution < 1.29 is 14.3 Å². The molecule has 0 spiro atoms. The predicted octanol–water partition coefficient (Wildman–Crippen LogP) is 3.83. The SMILES string of the molecule is COc1ccc(CCCNC(=O)[C@H](C)Oc2cccc(C)c2C)cc1. The number of rotatable bonds is 8. The second kappa shape index (κ2) is 9.11. The molecule has 25 heavy (non-hydrogen) atoms. The van der Waals surface area contributed by atoms with Crippen LogP contribution in [-0.4, -0.2) is 25.7 Å². The number of nitrogens with one attached hydrogen (secondary N) is 1. The van der Waals surface area contributed by atoms with E-state index in [9.17, 15) is 4.79 Å². The summed E-state index contributed by atoms with van der Waals surface area (Å²) in [7, 11) is 1.66. The first-order chi connectivity index (χ1) is 12.0. The molecule has 0 saturated heterocycles. The van der Waals surface area contributed by atoms with Crippen LogP contribution >= 0.6 is 0 Å². The van der Waals surface area contributed by atoms with Crippen LogP contribution in [0.5, 0.6) is 11.5 Å². The molecule has 4 nitrogen and oxygen atoms in total. The van der Waals surface area contributed by atoms with E-state index in [0.29, 0.717) is 6.54 Å². The fourth-order valence-electron chi connectivity index (χ4n) is 2.54. The molecule has 0 aliphatic carbocycles. The van der Waals surface area contributed by atoms with E-state index >= 15 is 0 Å². The zero-order valence-electron chi connectivity index (χ0n) is 15.5. The van der Waals surface area contributed by atoms with E-state index in [2.05, 4.69) is 5.32 Å². The average molecular weight is 341 g/mol. The van der Waals surface area contributed by atoms with Gasteiger partial charge in [-0.15, -0.1) is 0 Å². The molecular weight excluding hydrogens is 314 g/mol. The Labute approximate surface area is 150 Å².